The van der Waals surface area contributed by atoms with Crippen LogP contribution in [0.3, 0.4) is 0 Å². The van der Waals surface area contributed by atoms with E-state index in [0.717, 1.165) is 56.8 Å². The highest BCUT2D eigenvalue weighted by Crippen LogP contribution is 2.44. The quantitative estimate of drug-likeness (QED) is 0.154. The molecule has 11 rings (SSSR count). The number of allylic oxidation sites excluding steroid dienone is 4. The molecule has 0 spiro atoms. The lowest BCUT2D eigenvalue weighted by molar-refractivity contribution is 0.573. The van der Waals surface area contributed by atoms with Gasteiger partial charge in [-0.2, -0.15) is 0 Å². The lowest BCUT2D eigenvalue weighted by Crippen LogP contribution is -2.28. The van der Waals surface area contributed by atoms with E-state index in [4.69, 9.17) is 15.0 Å². The van der Waals surface area contributed by atoms with Gasteiger partial charge in [-0.15, -0.1) is 0 Å². The Bertz CT molecular complexity index is 3270. The van der Waals surface area contributed by atoms with Gasteiger partial charge in [0.05, 0.1) is 16.4 Å². The second-order valence-electron chi connectivity index (χ2n) is 16.2. The number of benzene rings is 8. The van der Waals surface area contributed by atoms with E-state index in [9.17, 15) is 0 Å². The molecule has 1 atom stereocenters. The molecule has 1 aliphatic rings. The van der Waals surface area contributed by atoms with Gasteiger partial charge in [-0.05, 0) is 94.3 Å². The minimum absolute atomic E-state index is 0.543. The summed E-state index contributed by atoms with van der Waals surface area (Å²) in [6.45, 7) is 2.28. The first-order valence-corrected chi connectivity index (χ1v) is 21.2. The predicted octanol–water partition coefficient (Wildman–Crippen LogP) is 14.6. The van der Waals surface area contributed by atoms with E-state index in [-0.39, 0.29) is 0 Å². The summed E-state index contributed by atoms with van der Waals surface area (Å²) in [5, 5.41) is 2.45. The Kier molecular flexibility index (Phi) is 9.32. The SMILES string of the molecule is CC1(c2nc(-c3ccc(-c4cccc(-c5ccccc5)c4)cc3)nc(-c3cccc(-n4c5ccccc5c5ccccc54)c3)n2)CC=CC=C1c1cccc(-c2ccccc2)c1. The molecule has 294 valence electrons. The second kappa shape index (κ2) is 15.6. The third kappa shape index (κ3) is 6.72. The van der Waals surface area contributed by atoms with Crippen molar-refractivity contribution < 1.29 is 0 Å². The molecule has 1 aliphatic carbocycles. The van der Waals surface area contributed by atoms with Crippen LogP contribution in [-0.2, 0) is 5.41 Å². The summed E-state index contributed by atoms with van der Waals surface area (Å²) >= 11 is 0. The molecule has 0 N–H and O–H groups in total. The first-order chi connectivity index (χ1) is 30.6. The highest BCUT2D eigenvalue weighted by Gasteiger charge is 2.36. The highest BCUT2D eigenvalue weighted by atomic mass is 15.0. The predicted molar refractivity (Wildman–Crippen MR) is 257 cm³/mol. The van der Waals surface area contributed by atoms with Crippen LogP contribution >= 0.6 is 0 Å². The van der Waals surface area contributed by atoms with E-state index < -0.39 is 5.41 Å². The molecule has 10 aromatic rings. The number of aromatic nitrogens is 4. The number of rotatable bonds is 8. The van der Waals surface area contributed by atoms with E-state index in [1.165, 1.54) is 38.6 Å². The Morgan fingerprint density at radius 3 is 1.50 bits per heavy atom. The van der Waals surface area contributed by atoms with Gasteiger partial charge < -0.3 is 4.57 Å². The Morgan fingerprint density at radius 2 is 0.871 bits per heavy atom. The van der Waals surface area contributed by atoms with Crippen molar-refractivity contribution in [2.45, 2.75) is 18.8 Å². The van der Waals surface area contributed by atoms with Gasteiger partial charge in [0.15, 0.2) is 11.6 Å². The van der Waals surface area contributed by atoms with Crippen LogP contribution in [-0.4, -0.2) is 19.5 Å². The molecule has 2 heterocycles. The van der Waals surface area contributed by atoms with Gasteiger partial charge in [0.25, 0.3) is 0 Å². The van der Waals surface area contributed by atoms with Crippen molar-refractivity contribution in [1.82, 2.24) is 19.5 Å². The van der Waals surface area contributed by atoms with Crippen LogP contribution in [0.1, 0.15) is 24.7 Å². The fraction of sp³-hybridized carbons (Fsp3) is 0.0517. The summed E-state index contributed by atoms with van der Waals surface area (Å²) in [7, 11) is 0. The Labute approximate surface area is 361 Å². The molecular weight excluding hydrogens is 753 g/mol. The van der Waals surface area contributed by atoms with Crippen molar-refractivity contribution in [3.63, 3.8) is 0 Å². The summed E-state index contributed by atoms with van der Waals surface area (Å²) < 4.78 is 2.34. The Morgan fingerprint density at radius 1 is 0.403 bits per heavy atom. The molecule has 0 saturated carbocycles. The molecule has 4 heteroatoms. The average molecular weight is 795 g/mol. The van der Waals surface area contributed by atoms with Crippen molar-refractivity contribution >= 4 is 27.4 Å². The van der Waals surface area contributed by atoms with Crippen molar-refractivity contribution in [3.05, 3.63) is 236 Å². The normalized spacial score (nSPS) is 14.9. The van der Waals surface area contributed by atoms with Gasteiger partial charge in [-0.3, -0.25) is 0 Å². The molecular formula is C58H42N4. The zero-order chi connectivity index (χ0) is 41.5. The van der Waals surface area contributed by atoms with Gasteiger partial charge in [-0.1, -0.05) is 188 Å². The van der Waals surface area contributed by atoms with E-state index in [1.807, 2.05) is 0 Å². The van der Waals surface area contributed by atoms with Crippen LogP contribution in [0.5, 0.6) is 0 Å². The molecule has 1 unspecified atom stereocenters. The largest absolute Gasteiger partial charge is 0.309 e. The lowest BCUT2D eigenvalue weighted by Gasteiger charge is -2.33. The first-order valence-electron chi connectivity index (χ1n) is 21.2. The minimum atomic E-state index is -0.543. The average Bonchev–Trinajstić information content (AvgIpc) is 3.69. The third-order valence-corrected chi connectivity index (χ3v) is 12.3. The molecule has 0 amide bonds. The maximum absolute atomic E-state index is 5.43. The Balaban J connectivity index is 1.05. The van der Waals surface area contributed by atoms with Crippen LogP contribution < -0.4 is 0 Å². The number of para-hydroxylation sites is 2. The molecule has 4 nitrogen and oxygen atoms in total. The van der Waals surface area contributed by atoms with E-state index in [0.29, 0.717) is 11.6 Å². The monoisotopic (exact) mass is 794 g/mol. The van der Waals surface area contributed by atoms with Crippen molar-refractivity contribution in [3.8, 4) is 61.8 Å². The van der Waals surface area contributed by atoms with Gasteiger partial charge in [-0.25, -0.2) is 15.0 Å². The summed E-state index contributed by atoms with van der Waals surface area (Å²) in [6, 6.07) is 73.1. The molecule has 0 fully saturated rings. The fourth-order valence-corrected chi connectivity index (χ4v) is 9.07. The summed E-state index contributed by atoms with van der Waals surface area (Å²) in [6.07, 6.45) is 7.37. The molecule has 0 radical (unpaired) electrons. The van der Waals surface area contributed by atoms with E-state index in [2.05, 4.69) is 236 Å². The lowest BCUT2D eigenvalue weighted by atomic mass is 9.72. The minimum Gasteiger partial charge on any atom is -0.309 e. The number of hydrogen-bond acceptors (Lipinski definition) is 3. The summed E-state index contributed by atoms with van der Waals surface area (Å²) in [4.78, 5) is 16.1. The van der Waals surface area contributed by atoms with E-state index >= 15 is 0 Å². The van der Waals surface area contributed by atoms with Crippen molar-refractivity contribution in [2.24, 2.45) is 0 Å². The van der Waals surface area contributed by atoms with Crippen LogP contribution in [0.2, 0.25) is 0 Å². The molecule has 2 aromatic heterocycles. The summed E-state index contributed by atoms with van der Waals surface area (Å²) in [5.74, 6) is 2.02. The van der Waals surface area contributed by atoms with Gasteiger partial charge in [0.1, 0.15) is 5.82 Å². The first kappa shape index (κ1) is 37.1. The zero-order valence-corrected chi connectivity index (χ0v) is 34.4. The molecule has 0 bridgehead atoms. The van der Waals surface area contributed by atoms with Crippen LogP contribution in [0.4, 0.5) is 0 Å². The maximum atomic E-state index is 5.43. The second-order valence-corrected chi connectivity index (χ2v) is 16.2. The Hall–Kier alpha value is -7.95. The fourth-order valence-electron chi connectivity index (χ4n) is 9.07. The standard InChI is InChI=1S/C58H42N4/c1-58(36-13-12-29-52(58)47-24-15-23-46(38-47)41-19-6-3-7-20-41)57-60-55(43-34-32-42(33-35-43)45-22-14-21-44(37-45)40-17-4-2-5-18-40)59-56(61-57)48-25-16-26-49(39-48)62-53-30-10-8-27-50(53)51-28-9-11-31-54(51)62/h2-35,37-39H,36H2,1H3. The van der Waals surface area contributed by atoms with Crippen LogP contribution in [0.25, 0.3) is 89.2 Å². The van der Waals surface area contributed by atoms with Gasteiger partial charge in [0.2, 0.25) is 0 Å². The number of hydrogen-bond donors (Lipinski definition) is 0. The zero-order valence-electron chi connectivity index (χ0n) is 34.4. The third-order valence-electron chi connectivity index (χ3n) is 12.3. The summed E-state index contributed by atoms with van der Waals surface area (Å²) in [5.41, 5.74) is 14.1. The number of fused-ring (bicyclic) bond motifs is 3. The topological polar surface area (TPSA) is 43.6 Å². The maximum Gasteiger partial charge on any atom is 0.163 e. The number of nitrogens with zero attached hydrogens (tertiary/aromatic N) is 4. The van der Waals surface area contributed by atoms with E-state index in [1.54, 1.807) is 0 Å². The van der Waals surface area contributed by atoms with Crippen molar-refractivity contribution in [2.75, 3.05) is 0 Å². The highest BCUT2D eigenvalue weighted by molar-refractivity contribution is 6.09. The van der Waals surface area contributed by atoms with Gasteiger partial charge >= 0.3 is 0 Å². The van der Waals surface area contributed by atoms with Crippen molar-refractivity contribution in [1.29, 1.82) is 0 Å². The molecule has 8 aromatic carbocycles. The van der Waals surface area contributed by atoms with Crippen LogP contribution in [0.15, 0.2) is 224 Å². The smallest absolute Gasteiger partial charge is 0.163 e. The van der Waals surface area contributed by atoms with Crippen LogP contribution in [0, 0.1) is 0 Å². The molecule has 0 aliphatic heterocycles. The molecule has 62 heavy (non-hydrogen) atoms. The molecule has 0 saturated heterocycles. The van der Waals surface area contributed by atoms with Gasteiger partial charge in [0, 0.05) is 27.6 Å².